The van der Waals surface area contributed by atoms with Crippen molar-refractivity contribution in [3.05, 3.63) is 42.2 Å². The lowest BCUT2D eigenvalue weighted by Crippen LogP contribution is -2.04. The number of rotatable bonds is 3. The van der Waals surface area contributed by atoms with Crippen molar-refractivity contribution in [3.8, 4) is 5.75 Å². The lowest BCUT2D eigenvalue weighted by molar-refractivity contribution is 0.0520. The van der Waals surface area contributed by atoms with Crippen LogP contribution in [0.2, 0.25) is 0 Å². The monoisotopic (exact) mass is 350 g/mol. The lowest BCUT2D eigenvalue weighted by atomic mass is 10.2. The van der Waals surface area contributed by atoms with E-state index >= 15 is 0 Å². The molecule has 0 amide bonds. The first-order chi connectivity index (χ1) is 9.72. The number of hydrogen-bond acceptors (Lipinski definition) is 4. The zero-order chi connectivity index (χ0) is 14.1. The van der Waals surface area contributed by atoms with Crippen LogP contribution in [-0.4, -0.2) is 29.1 Å². The summed E-state index contributed by atoms with van der Waals surface area (Å²) in [6.07, 6.45) is 1.69. The van der Waals surface area contributed by atoms with E-state index < -0.39 is 5.97 Å². The molecule has 0 aliphatic heterocycles. The van der Waals surface area contributed by atoms with Crippen LogP contribution in [0.25, 0.3) is 16.6 Å². The normalized spacial score (nSPS) is 10.4. The van der Waals surface area contributed by atoms with Gasteiger partial charge < -0.3 is 9.47 Å². The van der Waals surface area contributed by atoms with E-state index in [-0.39, 0.29) is 17.0 Å². The van der Waals surface area contributed by atoms with Crippen LogP contribution in [0.4, 0.5) is 0 Å². The van der Waals surface area contributed by atoms with Gasteiger partial charge in [0.1, 0.15) is 11.4 Å². The largest absolute Gasteiger partial charge is 0.497 e. The molecule has 2 heterocycles. The molecule has 21 heavy (non-hydrogen) atoms. The highest BCUT2D eigenvalue weighted by Crippen LogP contribution is 2.22. The maximum atomic E-state index is 11.8. The van der Waals surface area contributed by atoms with Gasteiger partial charge in [0.05, 0.1) is 19.2 Å². The molecule has 0 bridgehead atoms. The zero-order valence-corrected chi connectivity index (χ0v) is 13.4. The molecule has 0 aliphatic carbocycles. The molecule has 0 N–H and O–H groups in total. The summed E-state index contributed by atoms with van der Waals surface area (Å²) in [7, 11) is 1.62. The average Bonchev–Trinajstić information content (AvgIpc) is 2.91. The summed E-state index contributed by atoms with van der Waals surface area (Å²) in [5.74, 6) is 0.351. The molecule has 0 spiro atoms. The predicted octanol–water partition coefficient (Wildman–Crippen LogP) is 3.25. The summed E-state index contributed by atoms with van der Waals surface area (Å²) in [6.45, 7) is 2.11. The highest BCUT2D eigenvalue weighted by Gasteiger charge is 2.13. The van der Waals surface area contributed by atoms with E-state index in [0.717, 1.165) is 16.7 Å². The minimum absolute atomic E-state index is 0. The van der Waals surface area contributed by atoms with Gasteiger partial charge in [-0.3, -0.25) is 4.40 Å². The van der Waals surface area contributed by atoms with E-state index in [1.807, 2.05) is 34.7 Å². The second kappa shape index (κ2) is 6.13. The Morgan fingerprint density at radius 3 is 2.76 bits per heavy atom. The Morgan fingerprint density at radius 2 is 2.05 bits per heavy atom. The fourth-order valence-electron chi connectivity index (χ4n) is 2.17. The molecule has 0 atom stereocenters. The lowest BCUT2D eigenvalue weighted by Gasteiger charge is -2.04. The summed E-state index contributed by atoms with van der Waals surface area (Å²) in [6, 6.07) is 9.62. The summed E-state index contributed by atoms with van der Waals surface area (Å²) in [5.41, 5.74) is 1.95. The second-order valence-corrected chi connectivity index (χ2v) is 4.33. The number of ether oxygens (including phenoxy) is 2. The first-order valence-electron chi connectivity index (χ1n) is 6.36. The van der Waals surface area contributed by atoms with Crippen LogP contribution in [0.3, 0.4) is 0 Å². The molecular weight excluding hydrogens is 336 g/mol. The smallest absolute Gasteiger partial charge is 0.358 e. The van der Waals surface area contributed by atoms with Crippen molar-refractivity contribution in [2.45, 2.75) is 6.92 Å². The summed E-state index contributed by atoms with van der Waals surface area (Å²) in [5, 5.41) is 1.05. The number of aromatic nitrogens is 2. The van der Waals surface area contributed by atoms with Crippen molar-refractivity contribution >= 4 is 39.5 Å². The Kier molecular flexibility index (Phi) is 4.47. The number of esters is 1. The van der Waals surface area contributed by atoms with Gasteiger partial charge in [0, 0.05) is 12.3 Å². The van der Waals surface area contributed by atoms with E-state index in [9.17, 15) is 4.79 Å². The van der Waals surface area contributed by atoms with Gasteiger partial charge in [0.2, 0.25) is 0 Å². The zero-order valence-electron chi connectivity index (χ0n) is 11.7. The third-order valence-electron chi connectivity index (χ3n) is 3.13. The van der Waals surface area contributed by atoms with Gasteiger partial charge >= 0.3 is 5.97 Å². The number of fused-ring (bicyclic) bond motifs is 3. The number of carbonyl (C=O) groups excluding carboxylic acids is 1. The number of imidazole rings is 1. The topological polar surface area (TPSA) is 52.8 Å². The minimum atomic E-state index is -0.410. The van der Waals surface area contributed by atoms with Crippen molar-refractivity contribution in [3.63, 3.8) is 0 Å². The molecule has 110 valence electrons. The van der Waals surface area contributed by atoms with Crippen LogP contribution in [0.15, 0.2) is 36.5 Å². The molecule has 0 aliphatic rings. The number of halogens is 1. The molecule has 3 aromatic rings. The van der Waals surface area contributed by atoms with Crippen LogP contribution in [-0.2, 0) is 4.74 Å². The SMILES string of the molecule is Br.CCOC(=O)c1cn2c(ccc3ccc(OC)cc32)n1. The highest BCUT2D eigenvalue weighted by atomic mass is 79.9. The standard InChI is InChI=1S/C15H14N2O3.BrH/c1-3-20-15(18)12-9-17-13-8-11(19-2)6-4-10(13)5-7-14(17)16-12;/h4-9H,3H2,1-2H3;1H. The Labute approximate surface area is 132 Å². The Hall–Kier alpha value is -2.08. The third kappa shape index (κ3) is 2.71. The quantitative estimate of drug-likeness (QED) is 0.680. The summed E-state index contributed by atoms with van der Waals surface area (Å²) in [4.78, 5) is 16.0. The number of benzene rings is 1. The molecule has 0 fully saturated rings. The molecule has 5 nitrogen and oxygen atoms in total. The highest BCUT2D eigenvalue weighted by molar-refractivity contribution is 8.93. The minimum Gasteiger partial charge on any atom is -0.497 e. The Morgan fingerprint density at radius 1 is 1.29 bits per heavy atom. The Balaban J connectivity index is 0.00000161. The first kappa shape index (κ1) is 15.3. The van der Waals surface area contributed by atoms with Gasteiger partial charge in [-0.25, -0.2) is 9.78 Å². The molecular formula is C15H15BrN2O3. The number of methoxy groups -OCH3 is 1. The molecule has 0 saturated heterocycles. The van der Waals surface area contributed by atoms with Crippen LogP contribution < -0.4 is 4.74 Å². The van der Waals surface area contributed by atoms with Crippen molar-refractivity contribution in [1.29, 1.82) is 0 Å². The van der Waals surface area contributed by atoms with Gasteiger partial charge in [0.15, 0.2) is 5.69 Å². The van der Waals surface area contributed by atoms with E-state index in [1.165, 1.54) is 0 Å². The van der Waals surface area contributed by atoms with Crippen LogP contribution in [0.5, 0.6) is 5.75 Å². The number of carbonyl (C=O) groups is 1. The maximum Gasteiger partial charge on any atom is 0.358 e. The van der Waals surface area contributed by atoms with E-state index in [0.29, 0.717) is 17.9 Å². The summed E-state index contributed by atoms with van der Waals surface area (Å²) >= 11 is 0. The maximum absolute atomic E-state index is 11.8. The number of hydrogen-bond donors (Lipinski definition) is 0. The van der Waals surface area contributed by atoms with Crippen molar-refractivity contribution < 1.29 is 14.3 Å². The van der Waals surface area contributed by atoms with Crippen molar-refractivity contribution in [2.24, 2.45) is 0 Å². The molecule has 2 aromatic heterocycles. The molecule has 1 aromatic carbocycles. The average molecular weight is 351 g/mol. The molecule has 6 heteroatoms. The number of nitrogens with zero attached hydrogens (tertiary/aromatic N) is 2. The Bertz CT molecular complexity index is 798. The fourth-order valence-corrected chi connectivity index (χ4v) is 2.17. The molecule has 0 unspecified atom stereocenters. The van der Waals surface area contributed by atoms with Crippen molar-refractivity contribution in [2.75, 3.05) is 13.7 Å². The van der Waals surface area contributed by atoms with Gasteiger partial charge in [-0.1, -0.05) is 0 Å². The van der Waals surface area contributed by atoms with Crippen molar-refractivity contribution in [1.82, 2.24) is 9.38 Å². The molecule has 3 rings (SSSR count). The van der Waals surface area contributed by atoms with Crippen LogP contribution >= 0.6 is 17.0 Å². The number of pyridine rings is 1. The van der Waals surface area contributed by atoms with Gasteiger partial charge in [-0.15, -0.1) is 17.0 Å². The first-order valence-corrected chi connectivity index (χ1v) is 6.36. The van der Waals surface area contributed by atoms with E-state index in [4.69, 9.17) is 9.47 Å². The second-order valence-electron chi connectivity index (χ2n) is 4.33. The van der Waals surface area contributed by atoms with E-state index in [2.05, 4.69) is 4.98 Å². The summed E-state index contributed by atoms with van der Waals surface area (Å²) < 4.78 is 12.1. The third-order valence-corrected chi connectivity index (χ3v) is 3.13. The van der Waals surface area contributed by atoms with E-state index in [1.54, 1.807) is 20.2 Å². The van der Waals surface area contributed by atoms with Gasteiger partial charge in [-0.2, -0.15) is 0 Å². The molecule has 0 radical (unpaired) electrons. The van der Waals surface area contributed by atoms with Gasteiger partial charge in [-0.05, 0) is 36.6 Å². The molecule has 0 saturated carbocycles. The van der Waals surface area contributed by atoms with Gasteiger partial charge in [0.25, 0.3) is 0 Å². The van der Waals surface area contributed by atoms with Crippen LogP contribution in [0, 0.1) is 0 Å². The van der Waals surface area contributed by atoms with Crippen LogP contribution in [0.1, 0.15) is 17.4 Å². The fraction of sp³-hybridized carbons (Fsp3) is 0.200. The predicted molar refractivity (Wildman–Crippen MR) is 85.5 cm³/mol.